The summed E-state index contributed by atoms with van der Waals surface area (Å²) in [6, 6.07) is 4.98. The summed E-state index contributed by atoms with van der Waals surface area (Å²) in [5.74, 6) is 0.830. The van der Waals surface area contributed by atoms with Crippen molar-refractivity contribution in [3.05, 3.63) is 40.3 Å². The fraction of sp³-hybridized carbons (Fsp3) is 0.214. The Morgan fingerprint density at radius 3 is 2.16 bits per heavy atom. The van der Waals surface area contributed by atoms with Gasteiger partial charge in [-0.05, 0) is 30.7 Å². The molecule has 0 aliphatic heterocycles. The number of rotatable bonds is 3. The highest BCUT2D eigenvalue weighted by Crippen LogP contribution is 2.40. The fourth-order valence-electron chi connectivity index (χ4n) is 2.00. The van der Waals surface area contributed by atoms with Gasteiger partial charge in [-0.15, -0.1) is 0 Å². The van der Waals surface area contributed by atoms with E-state index in [0.717, 1.165) is 5.56 Å². The van der Waals surface area contributed by atoms with E-state index in [1.807, 2.05) is 6.92 Å². The van der Waals surface area contributed by atoms with Crippen LogP contribution in [0.3, 0.4) is 0 Å². The van der Waals surface area contributed by atoms with Crippen LogP contribution in [-0.2, 0) is 0 Å². The third-order valence-corrected chi connectivity index (χ3v) is 2.84. The van der Waals surface area contributed by atoms with E-state index in [1.165, 1.54) is 26.5 Å². The molecule has 0 bridgehead atoms. The molecular weight excluding hydrogens is 246 g/mol. The normalized spacial score (nSPS) is 10.3. The summed E-state index contributed by atoms with van der Waals surface area (Å²) >= 11 is 0. The van der Waals surface area contributed by atoms with Crippen LogP contribution in [0, 0.1) is 6.92 Å². The molecule has 5 nitrogen and oxygen atoms in total. The Labute approximate surface area is 110 Å². The first-order valence-corrected chi connectivity index (χ1v) is 5.72. The zero-order valence-corrected chi connectivity index (χ0v) is 11.0. The van der Waals surface area contributed by atoms with Crippen LogP contribution < -0.4 is 15.0 Å². The molecule has 2 N–H and O–H groups in total. The largest absolute Gasteiger partial charge is 0.507 e. The van der Waals surface area contributed by atoms with Crippen molar-refractivity contribution in [1.29, 1.82) is 0 Å². The van der Waals surface area contributed by atoms with Gasteiger partial charge in [0, 0.05) is 6.20 Å². The topological polar surface area (TPSA) is 71.5 Å². The molecule has 0 spiro atoms. The lowest BCUT2D eigenvalue weighted by atomic mass is 10.0. The molecule has 5 heteroatoms. The third-order valence-electron chi connectivity index (χ3n) is 2.84. The van der Waals surface area contributed by atoms with Crippen LogP contribution in [0.15, 0.2) is 29.2 Å². The number of nitrogens with one attached hydrogen (secondary N) is 1. The first-order valence-electron chi connectivity index (χ1n) is 5.72. The maximum Gasteiger partial charge on any atom is 0.259 e. The molecule has 0 radical (unpaired) electrons. The van der Waals surface area contributed by atoms with Gasteiger partial charge in [0.15, 0.2) is 0 Å². The van der Waals surface area contributed by atoms with Gasteiger partial charge in [-0.2, -0.15) is 0 Å². The van der Waals surface area contributed by atoms with E-state index in [2.05, 4.69) is 4.98 Å². The molecule has 100 valence electrons. The van der Waals surface area contributed by atoms with Crippen molar-refractivity contribution in [3.63, 3.8) is 0 Å². The quantitative estimate of drug-likeness (QED) is 0.887. The number of aryl methyl sites for hydroxylation is 1. The van der Waals surface area contributed by atoms with Crippen molar-refractivity contribution in [2.75, 3.05) is 14.2 Å². The molecule has 0 saturated carbocycles. The van der Waals surface area contributed by atoms with Crippen LogP contribution in [0.2, 0.25) is 0 Å². The summed E-state index contributed by atoms with van der Waals surface area (Å²) in [7, 11) is 3.01. The van der Waals surface area contributed by atoms with Crippen LogP contribution >= 0.6 is 0 Å². The average Bonchev–Trinajstić information content (AvgIpc) is 2.39. The minimum Gasteiger partial charge on any atom is -0.507 e. The van der Waals surface area contributed by atoms with Crippen LogP contribution in [-0.4, -0.2) is 24.3 Å². The molecular formula is C14H15NO4. The average molecular weight is 261 g/mol. The molecule has 0 amide bonds. The Morgan fingerprint density at radius 1 is 1.11 bits per heavy atom. The summed E-state index contributed by atoms with van der Waals surface area (Å²) in [4.78, 5) is 14.5. The number of aromatic hydroxyl groups is 1. The highest BCUT2D eigenvalue weighted by Gasteiger charge is 2.19. The van der Waals surface area contributed by atoms with E-state index in [9.17, 15) is 9.90 Å². The Kier molecular flexibility index (Phi) is 3.46. The van der Waals surface area contributed by atoms with Crippen molar-refractivity contribution in [3.8, 4) is 28.4 Å². The summed E-state index contributed by atoms with van der Waals surface area (Å²) in [5, 5.41) is 9.92. The Bertz CT molecular complexity index is 636. The van der Waals surface area contributed by atoms with Crippen molar-refractivity contribution >= 4 is 0 Å². The number of hydrogen-bond donors (Lipinski definition) is 2. The molecule has 0 atom stereocenters. The molecule has 2 aromatic rings. The molecule has 1 aromatic heterocycles. The first-order chi connectivity index (χ1) is 9.08. The molecule has 0 saturated heterocycles. The van der Waals surface area contributed by atoms with Gasteiger partial charge in [-0.3, -0.25) is 4.79 Å². The van der Waals surface area contributed by atoms with Crippen molar-refractivity contribution in [2.24, 2.45) is 0 Å². The van der Waals surface area contributed by atoms with Gasteiger partial charge in [0.25, 0.3) is 5.56 Å². The second-order valence-electron chi connectivity index (χ2n) is 4.11. The Morgan fingerprint density at radius 2 is 1.68 bits per heavy atom. The smallest absolute Gasteiger partial charge is 0.259 e. The number of H-pyrrole nitrogens is 1. The van der Waals surface area contributed by atoms with Crippen LogP contribution in [0.1, 0.15) is 5.56 Å². The van der Waals surface area contributed by atoms with Gasteiger partial charge < -0.3 is 19.6 Å². The van der Waals surface area contributed by atoms with Crippen molar-refractivity contribution in [2.45, 2.75) is 6.92 Å². The zero-order chi connectivity index (χ0) is 14.0. The third kappa shape index (κ3) is 2.27. The van der Waals surface area contributed by atoms with Gasteiger partial charge in [0.2, 0.25) is 0 Å². The fourth-order valence-corrected chi connectivity index (χ4v) is 2.00. The molecule has 1 heterocycles. The molecule has 1 aromatic carbocycles. The summed E-state index contributed by atoms with van der Waals surface area (Å²) in [5.41, 5.74) is 1.11. The molecule has 19 heavy (non-hydrogen) atoms. The van der Waals surface area contributed by atoms with Crippen molar-refractivity contribution < 1.29 is 14.6 Å². The Balaban J connectivity index is 2.85. The predicted octanol–water partition coefficient (Wildman–Crippen LogP) is 2.07. The van der Waals surface area contributed by atoms with Gasteiger partial charge in [-0.25, -0.2) is 0 Å². The number of aromatic nitrogens is 1. The number of hydrogen-bond acceptors (Lipinski definition) is 4. The lowest BCUT2D eigenvalue weighted by Gasteiger charge is -2.14. The monoisotopic (exact) mass is 261 g/mol. The number of pyridine rings is 1. The molecule has 2 rings (SSSR count). The number of benzene rings is 1. The molecule has 0 aliphatic rings. The summed E-state index contributed by atoms with van der Waals surface area (Å²) in [6.45, 7) is 1.89. The first kappa shape index (κ1) is 13.0. The van der Waals surface area contributed by atoms with Crippen LogP contribution in [0.4, 0.5) is 0 Å². The second kappa shape index (κ2) is 5.06. The van der Waals surface area contributed by atoms with Gasteiger partial charge in [-0.1, -0.05) is 0 Å². The maximum atomic E-state index is 11.9. The maximum absolute atomic E-state index is 11.9. The van der Waals surface area contributed by atoms with E-state index < -0.39 is 5.56 Å². The molecule has 0 aliphatic carbocycles. The number of methoxy groups -OCH3 is 2. The van der Waals surface area contributed by atoms with Gasteiger partial charge >= 0.3 is 0 Å². The lowest BCUT2D eigenvalue weighted by Crippen LogP contribution is -2.09. The van der Waals surface area contributed by atoms with E-state index in [0.29, 0.717) is 17.1 Å². The number of ether oxygens (including phenoxy) is 2. The van der Waals surface area contributed by atoms with E-state index in [4.69, 9.17) is 9.47 Å². The minimum absolute atomic E-state index is 0.121. The molecule has 0 unspecified atom stereocenters. The zero-order valence-electron chi connectivity index (χ0n) is 11.0. The van der Waals surface area contributed by atoms with Gasteiger partial charge in [0.1, 0.15) is 17.2 Å². The summed E-state index contributed by atoms with van der Waals surface area (Å²) in [6.07, 6.45) is 1.38. The SMILES string of the molecule is COc1cc(C)cc(OC)c1-c1c(O)cc[nH]c1=O. The standard InChI is InChI=1S/C14H15NO4/c1-8-6-10(18-2)13(11(7-8)19-3)12-9(16)4-5-15-14(12)17/h4-7H,1-3H3,(H2,15,16,17). The van der Waals surface area contributed by atoms with E-state index >= 15 is 0 Å². The predicted molar refractivity (Wildman–Crippen MR) is 72.0 cm³/mol. The lowest BCUT2D eigenvalue weighted by molar-refractivity contribution is 0.395. The van der Waals surface area contributed by atoms with Crippen molar-refractivity contribution in [1.82, 2.24) is 4.98 Å². The summed E-state index contributed by atoms with van der Waals surface area (Å²) < 4.78 is 10.6. The number of aromatic amines is 1. The highest BCUT2D eigenvalue weighted by atomic mass is 16.5. The van der Waals surface area contributed by atoms with E-state index in [-0.39, 0.29) is 11.3 Å². The van der Waals surface area contributed by atoms with Crippen LogP contribution in [0.25, 0.3) is 11.1 Å². The highest BCUT2D eigenvalue weighted by molar-refractivity contribution is 5.80. The molecule has 0 fully saturated rings. The second-order valence-corrected chi connectivity index (χ2v) is 4.11. The van der Waals surface area contributed by atoms with Crippen LogP contribution in [0.5, 0.6) is 17.2 Å². The minimum atomic E-state index is -0.402. The van der Waals surface area contributed by atoms with E-state index in [1.54, 1.807) is 12.1 Å². The van der Waals surface area contributed by atoms with Gasteiger partial charge in [0.05, 0.1) is 25.3 Å². The Hall–Kier alpha value is -2.43.